The monoisotopic (exact) mass is 275 g/mol. The van der Waals surface area contributed by atoms with Crippen LogP contribution in [0.4, 0.5) is 0 Å². The van der Waals surface area contributed by atoms with E-state index in [-0.39, 0.29) is 37.0 Å². The molecule has 0 atom stereocenters. The van der Waals surface area contributed by atoms with Gasteiger partial charge in [0.25, 0.3) is 0 Å². The first kappa shape index (κ1) is 16.6. The van der Waals surface area contributed by atoms with Crippen molar-refractivity contribution in [1.82, 2.24) is 14.8 Å². The van der Waals surface area contributed by atoms with Crippen molar-refractivity contribution < 1.29 is 40.2 Å². The van der Waals surface area contributed by atoms with Crippen LogP contribution >= 0.6 is 0 Å². The Morgan fingerprint density at radius 2 is 1.94 bits per heavy atom. The van der Waals surface area contributed by atoms with E-state index in [1.54, 1.807) is 0 Å². The van der Waals surface area contributed by atoms with Crippen molar-refractivity contribution in [3.8, 4) is 0 Å². The average Bonchev–Trinajstić information content (AvgIpc) is 2.48. The van der Waals surface area contributed by atoms with E-state index in [0.717, 1.165) is 6.26 Å². The minimum Gasteiger partial charge on any atom is -0.748 e. The Labute approximate surface area is 111 Å². The van der Waals surface area contributed by atoms with Crippen LogP contribution in [0.15, 0.2) is 11.5 Å². The van der Waals surface area contributed by atoms with Gasteiger partial charge in [-0.05, 0) is 6.42 Å². The molecular formula is C6H10LiN3O5S2. The second-order valence-corrected chi connectivity index (χ2v) is 6.63. The van der Waals surface area contributed by atoms with E-state index in [1.807, 2.05) is 0 Å². The molecule has 0 aliphatic heterocycles. The Morgan fingerprint density at radius 1 is 1.35 bits per heavy atom. The minimum atomic E-state index is -4.28. The molecule has 1 rings (SSSR count). The van der Waals surface area contributed by atoms with Gasteiger partial charge in [-0.3, -0.25) is 0 Å². The maximum atomic E-state index is 11.2. The summed E-state index contributed by atoms with van der Waals surface area (Å²) < 4.78 is 54.5. The molecule has 8 nitrogen and oxygen atoms in total. The molecule has 92 valence electrons. The van der Waals surface area contributed by atoms with Gasteiger partial charge >= 0.3 is 18.9 Å². The van der Waals surface area contributed by atoms with E-state index >= 15 is 0 Å². The number of sulfone groups is 1. The maximum absolute atomic E-state index is 11.2. The Bertz CT molecular complexity index is 564. The van der Waals surface area contributed by atoms with Crippen LogP contribution in [-0.2, 0) is 26.5 Å². The fourth-order valence-electron chi connectivity index (χ4n) is 1.10. The molecule has 0 unspecified atom stereocenters. The van der Waals surface area contributed by atoms with Crippen molar-refractivity contribution in [2.75, 3.05) is 12.0 Å². The molecule has 0 aromatic carbocycles. The largest absolute Gasteiger partial charge is 1.00 e. The molecule has 0 amide bonds. The fourth-order valence-corrected chi connectivity index (χ4v) is 2.34. The van der Waals surface area contributed by atoms with Gasteiger partial charge in [0.15, 0.2) is 0 Å². The third kappa shape index (κ3) is 5.65. The molecule has 17 heavy (non-hydrogen) atoms. The van der Waals surface area contributed by atoms with Crippen molar-refractivity contribution in [3.05, 3.63) is 6.33 Å². The Morgan fingerprint density at radius 3 is 2.41 bits per heavy atom. The summed E-state index contributed by atoms with van der Waals surface area (Å²) in [5.41, 5.74) is 0. The van der Waals surface area contributed by atoms with E-state index in [4.69, 9.17) is 0 Å². The number of hydrogen-bond acceptors (Lipinski definition) is 7. The van der Waals surface area contributed by atoms with E-state index in [1.165, 1.54) is 10.9 Å². The summed E-state index contributed by atoms with van der Waals surface area (Å²) >= 11 is 0. The van der Waals surface area contributed by atoms with Crippen LogP contribution in [0.25, 0.3) is 0 Å². The maximum Gasteiger partial charge on any atom is 1.00 e. The molecule has 0 bridgehead atoms. The van der Waals surface area contributed by atoms with Crippen LogP contribution in [0.2, 0.25) is 0 Å². The molecule has 0 fully saturated rings. The van der Waals surface area contributed by atoms with E-state index in [9.17, 15) is 21.4 Å². The van der Waals surface area contributed by atoms with Gasteiger partial charge in [-0.25, -0.2) is 16.8 Å². The van der Waals surface area contributed by atoms with E-state index < -0.39 is 25.7 Å². The normalized spacial score (nSPS) is 12.1. The number of aromatic nitrogens is 3. The summed E-state index contributed by atoms with van der Waals surface area (Å²) in [6, 6.07) is 0. The second-order valence-electron chi connectivity index (χ2n) is 3.19. The molecule has 1 aromatic rings. The predicted octanol–water partition coefficient (Wildman–Crippen LogP) is -4.38. The number of rotatable bonds is 5. The van der Waals surface area contributed by atoms with Gasteiger partial charge < -0.3 is 9.12 Å². The fraction of sp³-hybridized carbons (Fsp3) is 0.667. The van der Waals surface area contributed by atoms with Gasteiger partial charge in [0.1, 0.15) is 6.33 Å². The minimum absolute atomic E-state index is 0. The van der Waals surface area contributed by atoms with Gasteiger partial charge in [0.2, 0.25) is 15.0 Å². The molecule has 1 aromatic heterocycles. The Hall–Kier alpha value is -0.403. The quantitative estimate of drug-likeness (QED) is 0.393. The SMILES string of the molecule is CS(=O)(=O)c1nncn1CCCS(=O)(=O)[O-].[Li+]. The average molecular weight is 275 g/mol. The van der Waals surface area contributed by atoms with Crippen molar-refractivity contribution in [2.24, 2.45) is 0 Å². The van der Waals surface area contributed by atoms with E-state index in [0.29, 0.717) is 0 Å². The van der Waals surface area contributed by atoms with Gasteiger partial charge in [-0.1, -0.05) is 0 Å². The predicted molar refractivity (Wildman–Crippen MR) is 52.3 cm³/mol. The zero-order chi connectivity index (χ0) is 12.4. The molecule has 0 saturated carbocycles. The van der Waals surface area contributed by atoms with Gasteiger partial charge in [-0.15, -0.1) is 10.2 Å². The number of hydrogen-bond donors (Lipinski definition) is 0. The molecule has 11 heteroatoms. The summed E-state index contributed by atoms with van der Waals surface area (Å²) in [7, 11) is -7.77. The van der Waals surface area contributed by atoms with Crippen LogP contribution in [0.5, 0.6) is 0 Å². The van der Waals surface area contributed by atoms with Crippen LogP contribution < -0.4 is 18.9 Å². The summed E-state index contributed by atoms with van der Waals surface area (Å²) in [4.78, 5) is 0. The van der Waals surface area contributed by atoms with Crippen molar-refractivity contribution in [2.45, 2.75) is 18.1 Å². The number of nitrogens with zero attached hydrogens (tertiary/aromatic N) is 3. The zero-order valence-electron chi connectivity index (χ0n) is 9.40. The number of aryl methyl sites for hydroxylation is 1. The first-order valence-corrected chi connectivity index (χ1v) is 7.68. The van der Waals surface area contributed by atoms with Crippen molar-refractivity contribution in [1.29, 1.82) is 0 Å². The molecule has 0 spiro atoms. The molecular weight excluding hydrogens is 265 g/mol. The standard InChI is InChI=1S/C6H11N3O5S2.Li/c1-15(10,11)6-8-7-5-9(6)3-2-4-16(12,13)14;/h5H,2-4H2,1H3,(H,12,13,14);/q;+1/p-1. The third-order valence-electron chi connectivity index (χ3n) is 1.71. The summed E-state index contributed by atoms with van der Waals surface area (Å²) in [5.74, 6) is -0.547. The summed E-state index contributed by atoms with van der Waals surface area (Å²) in [6.45, 7) is 0.0663. The smallest absolute Gasteiger partial charge is 0.748 e. The van der Waals surface area contributed by atoms with Gasteiger partial charge in [-0.2, -0.15) is 0 Å². The molecule has 0 aliphatic rings. The summed E-state index contributed by atoms with van der Waals surface area (Å²) in [5, 5.41) is 6.57. The Kier molecular flexibility index (Phi) is 5.83. The molecule has 1 heterocycles. The van der Waals surface area contributed by atoms with Crippen LogP contribution in [-0.4, -0.2) is 48.2 Å². The third-order valence-corrected chi connectivity index (χ3v) is 3.47. The van der Waals surface area contributed by atoms with Crippen LogP contribution in [0.1, 0.15) is 6.42 Å². The second kappa shape index (κ2) is 5.97. The first-order valence-electron chi connectivity index (χ1n) is 4.21. The zero-order valence-corrected chi connectivity index (χ0v) is 11.0. The molecule has 0 saturated heterocycles. The van der Waals surface area contributed by atoms with Crippen molar-refractivity contribution in [3.63, 3.8) is 0 Å². The molecule has 0 radical (unpaired) electrons. The first-order chi connectivity index (χ1) is 7.20. The summed E-state index contributed by atoms with van der Waals surface area (Å²) in [6.07, 6.45) is 2.16. The molecule has 0 N–H and O–H groups in total. The van der Waals surface area contributed by atoms with E-state index in [2.05, 4.69) is 10.2 Å². The Balaban J connectivity index is 0.00000256. The van der Waals surface area contributed by atoms with Gasteiger partial charge in [0.05, 0.1) is 10.1 Å². The van der Waals surface area contributed by atoms with Crippen LogP contribution in [0.3, 0.4) is 0 Å². The molecule has 0 aliphatic carbocycles. The van der Waals surface area contributed by atoms with Crippen LogP contribution in [0, 0.1) is 0 Å². The van der Waals surface area contributed by atoms with Gasteiger partial charge in [0, 0.05) is 18.6 Å². The van der Waals surface area contributed by atoms with Crippen molar-refractivity contribution >= 4 is 20.0 Å². The topological polar surface area (TPSA) is 122 Å².